The molecule has 0 spiro atoms. The Bertz CT molecular complexity index is 1120. The summed E-state index contributed by atoms with van der Waals surface area (Å²) in [6.07, 6.45) is 1.48. The molecule has 1 saturated carbocycles. The number of benzene rings is 3. The Morgan fingerprint density at radius 2 is 1.68 bits per heavy atom. The van der Waals surface area contributed by atoms with E-state index in [9.17, 15) is 9.59 Å². The lowest BCUT2D eigenvalue weighted by atomic mass is 10.1. The lowest BCUT2D eigenvalue weighted by molar-refractivity contribution is -0.123. The summed E-state index contributed by atoms with van der Waals surface area (Å²) in [4.78, 5) is 25.4. The van der Waals surface area contributed by atoms with E-state index in [0.717, 1.165) is 12.0 Å². The van der Waals surface area contributed by atoms with Gasteiger partial charge in [0, 0.05) is 24.1 Å². The van der Waals surface area contributed by atoms with Crippen molar-refractivity contribution < 1.29 is 14.3 Å². The van der Waals surface area contributed by atoms with E-state index in [1.54, 1.807) is 24.3 Å². The molecule has 0 saturated heterocycles. The van der Waals surface area contributed by atoms with E-state index < -0.39 is 6.04 Å². The number of amides is 2. The fourth-order valence-electron chi connectivity index (χ4n) is 3.75. The number of rotatable bonds is 9. The van der Waals surface area contributed by atoms with Gasteiger partial charge in [0.1, 0.15) is 17.5 Å². The first-order chi connectivity index (χ1) is 16.0. The van der Waals surface area contributed by atoms with Crippen LogP contribution in [-0.2, 0) is 11.3 Å². The SMILES string of the molecule is CC[C@H](NC(=O)c1cccc(Oc2cccc([C@@H]3C[C@H]3N)c2)c1)C(=O)NCc1ccccc1.Cl. The first-order valence-electron chi connectivity index (χ1n) is 11.3. The number of ether oxygens (including phenoxy) is 1. The zero-order valence-electron chi connectivity index (χ0n) is 19.1. The number of halogens is 1. The van der Waals surface area contributed by atoms with Gasteiger partial charge in [0.15, 0.2) is 0 Å². The van der Waals surface area contributed by atoms with Crippen molar-refractivity contribution in [1.82, 2.24) is 10.6 Å². The van der Waals surface area contributed by atoms with Crippen LogP contribution in [0.4, 0.5) is 0 Å². The second kappa shape index (κ2) is 11.7. The second-order valence-electron chi connectivity index (χ2n) is 8.35. The molecule has 3 aromatic rings. The molecule has 0 aliphatic heterocycles. The largest absolute Gasteiger partial charge is 0.457 e. The van der Waals surface area contributed by atoms with Crippen molar-refractivity contribution in [2.75, 3.05) is 0 Å². The van der Waals surface area contributed by atoms with E-state index in [0.29, 0.717) is 35.9 Å². The summed E-state index contributed by atoms with van der Waals surface area (Å²) in [6.45, 7) is 2.28. The first-order valence-corrected chi connectivity index (χ1v) is 11.3. The monoisotopic (exact) mass is 479 g/mol. The van der Waals surface area contributed by atoms with Crippen LogP contribution in [0.2, 0.25) is 0 Å². The molecule has 34 heavy (non-hydrogen) atoms. The summed E-state index contributed by atoms with van der Waals surface area (Å²) >= 11 is 0. The van der Waals surface area contributed by atoms with E-state index in [4.69, 9.17) is 10.5 Å². The Hall–Kier alpha value is -3.35. The molecular weight excluding hydrogens is 450 g/mol. The van der Waals surface area contributed by atoms with E-state index in [-0.39, 0.29) is 30.3 Å². The van der Waals surface area contributed by atoms with Crippen molar-refractivity contribution in [2.24, 2.45) is 5.73 Å². The molecule has 0 bridgehead atoms. The smallest absolute Gasteiger partial charge is 0.252 e. The van der Waals surface area contributed by atoms with Crippen LogP contribution in [0.5, 0.6) is 11.5 Å². The summed E-state index contributed by atoms with van der Waals surface area (Å²) in [7, 11) is 0. The number of hydrogen-bond donors (Lipinski definition) is 3. The van der Waals surface area contributed by atoms with E-state index in [1.807, 2.05) is 55.5 Å². The highest BCUT2D eigenvalue weighted by atomic mass is 35.5. The maximum absolute atomic E-state index is 12.8. The van der Waals surface area contributed by atoms with Crippen LogP contribution >= 0.6 is 12.4 Å². The summed E-state index contributed by atoms with van der Waals surface area (Å²) in [6, 6.07) is 24.1. The Labute approximate surface area is 206 Å². The fraction of sp³-hybridized carbons (Fsp3) is 0.259. The molecule has 1 aliphatic carbocycles. The molecule has 4 rings (SSSR count). The maximum atomic E-state index is 12.8. The van der Waals surface area contributed by atoms with Crippen molar-refractivity contribution >= 4 is 24.2 Å². The average Bonchev–Trinajstić information content (AvgIpc) is 3.58. The summed E-state index contributed by atoms with van der Waals surface area (Å²) < 4.78 is 5.99. The van der Waals surface area contributed by atoms with Gasteiger partial charge < -0.3 is 21.1 Å². The predicted molar refractivity (Wildman–Crippen MR) is 135 cm³/mol. The normalized spacial score (nSPS) is 17.1. The number of carbonyl (C=O) groups excluding carboxylic acids is 2. The van der Waals surface area contributed by atoms with Crippen LogP contribution in [0.15, 0.2) is 78.9 Å². The fourth-order valence-corrected chi connectivity index (χ4v) is 3.75. The second-order valence-corrected chi connectivity index (χ2v) is 8.35. The van der Waals surface area contributed by atoms with Crippen molar-refractivity contribution in [3.63, 3.8) is 0 Å². The van der Waals surface area contributed by atoms with Crippen LogP contribution in [0.1, 0.15) is 47.2 Å². The predicted octanol–water partition coefficient (Wildman–Crippen LogP) is 4.54. The molecule has 1 aliphatic rings. The van der Waals surface area contributed by atoms with Crippen molar-refractivity contribution in [2.45, 2.75) is 44.3 Å². The highest BCUT2D eigenvalue weighted by Gasteiger charge is 2.34. The maximum Gasteiger partial charge on any atom is 0.252 e. The van der Waals surface area contributed by atoms with Gasteiger partial charge in [0.05, 0.1) is 0 Å². The number of nitrogens with two attached hydrogens (primary N) is 1. The average molecular weight is 480 g/mol. The van der Waals surface area contributed by atoms with Crippen molar-refractivity contribution in [3.8, 4) is 11.5 Å². The van der Waals surface area contributed by atoms with Gasteiger partial charge in [-0.1, -0.05) is 55.5 Å². The van der Waals surface area contributed by atoms with Gasteiger partial charge in [-0.2, -0.15) is 0 Å². The molecule has 2 amide bonds. The van der Waals surface area contributed by atoms with Crippen molar-refractivity contribution in [1.29, 1.82) is 0 Å². The van der Waals surface area contributed by atoms with Gasteiger partial charge in [-0.25, -0.2) is 0 Å². The topological polar surface area (TPSA) is 93.4 Å². The zero-order chi connectivity index (χ0) is 23.2. The van der Waals surface area contributed by atoms with Crippen molar-refractivity contribution in [3.05, 3.63) is 95.6 Å². The molecule has 0 aromatic heterocycles. The summed E-state index contributed by atoms with van der Waals surface area (Å²) in [5.41, 5.74) is 8.57. The molecule has 4 N–H and O–H groups in total. The van der Waals surface area contributed by atoms with Crippen LogP contribution in [-0.4, -0.2) is 23.9 Å². The van der Waals surface area contributed by atoms with Gasteiger partial charge >= 0.3 is 0 Å². The van der Waals surface area contributed by atoms with Gasteiger partial charge in [-0.3, -0.25) is 9.59 Å². The zero-order valence-corrected chi connectivity index (χ0v) is 19.9. The van der Waals surface area contributed by atoms with Crippen LogP contribution in [0.25, 0.3) is 0 Å². The van der Waals surface area contributed by atoms with Crippen LogP contribution < -0.4 is 21.1 Å². The van der Waals surface area contributed by atoms with Gasteiger partial charge in [0.25, 0.3) is 5.91 Å². The molecule has 1 fully saturated rings. The summed E-state index contributed by atoms with van der Waals surface area (Å²) in [5.74, 6) is 1.12. The number of carbonyl (C=O) groups is 2. The minimum atomic E-state index is -0.620. The third-order valence-electron chi connectivity index (χ3n) is 5.80. The lowest BCUT2D eigenvalue weighted by Crippen LogP contribution is -2.46. The highest BCUT2D eigenvalue weighted by Crippen LogP contribution is 2.40. The van der Waals surface area contributed by atoms with Crippen LogP contribution in [0.3, 0.4) is 0 Å². The van der Waals surface area contributed by atoms with E-state index in [2.05, 4.69) is 16.7 Å². The molecule has 0 unspecified atom stereocenters. The molecule has 6 nitrogen and oxygen atoms in total. The van der Waals surface area contributed by atoms with E-state index in [1.165, 1.54) is 5.56 Å². The Kier molecular flexibility index (Phi) is 8.68. The Morgan fingerprint density at radius 3 is 2.35 bits per heavy atom. The molecule has 0 radical (unpaired) electrons. The molecule has 3 aromatic carbocycles. The first kappa shape index (κ1) is 25.3. The van der Waals surface area contributed by atoms with Gasteiger partial charge in [-0.15, -0.1) is 12.4 Å². The minimum absolute atomic E-state index is 0. The lowest BCUT2D eigenvalue weighted by Gasteiger charge is -2.17. The van der Waals surface area contributed by atoms with Crippen LogP contribution in [0, 0.1) is 0 Å². The summed E-state index contributed by atoms with van der Waals surface area (Å²) in [5, 5.41) is 5.71. The van der Waals surface area contributed by atoms with Gasteiger partial charge in [-0.05, 0) is 54.3 Å². The minimum Gasteiger partial charge on any atom is -0.457 e. The third-order valence-corrected chi connectivity index (χ3v) is 5.80. The third kappa shape index (κ3) is 6.59. The van der Waals surface area contributed by atoms with Gasteiger partial charge in [0.2, 0.25) is 5.91 Å². The number of nitrogens with one attached hydrogen (secondary N) is 2. The number of hydrogen-bond acceptors (Lipinski definition) is 4. The highest BCUT2D eigenvalue weighted by molar-refractivity contribution is 5.97. The molecule has 7 heteroatoms. The Balaban J connectivity index is 0.00000324. The Morgan fingerprint density at radius 1 is 1.00 bits per heavy atom. The molecular formula is C27H30ClN3O3. The quantitative estimate of drug-likeness (QED) is 0.420. The molecule has 3 atom stereocenters. The molecule has 0 heterocycles. The molecule has 178 valence electrons. The standard InChI is InChI=1S/C27H29N3O3.ClH/c1-2-25(27(32)29-17-18-8-4-3-5-9-18)30-26(31)20-11-7-13-22(15-20)33-21-12-6-10-19(14-21)23-16-24(23)28;/h3-15,23-25H,2,16-17,28H2,1H3,(H,29,32)(H,30,31);1H/t23-,24+,25-;/m0./s1. The van der Waals surface area contributed by atoms with E-state index >= 15 is 0 Å².